The first-order valence-corrected chi connectivity index (χ1v) is 6.12. The van der Waals surface area contributed by atoms with Gasteiger partial charge in [0.25, 0.3) is 0 Å². The highest BCUT2D eigenvalue weighted by atomic mass is 16.3. The van der Waals surface area contributed by atoms with Gasteiger partial charge < -0.3 is 5.11 Å². The lowest BCUT2D eigenvalue weighted by molar-refractivity contribution is 0.0590. The van der Waals surface area contributed by atoms with Crippen LogP contribution < -0.4 is 0 Å². The van der Waals surface area contributed by atoms with Gasteiger partial charge in [-0.2, -0.15) is 0 Å². The van der Waals surface area contributed by atoms with Crippen LogP contribution in [0, 0.1) is 5.92 Å². The molecule has 0 aromatic heterocycles. The fourth-order valence-corrected chi connectivity index (χ4v) is 1.62. The normalized spacial score (nSPS) is 15.3. The monoisotopic (exact) mass is 213 g/mol. The second-order valence-electron chi connectivity index (χ2n) is 4.52. The van der Waals surface area contributed by atoms with Crippen LogP contribution in [0.2, 0.25) is 0 Å². The van der Waals surface area contributed by atoms with Crippen molar-refractivity contribution in [2.24, 2.45) is 5.92 Å². The van der Waals surface area contributed by atoms with Crippen molar-refractivity contribution in [1.82, 2.24) is 4.90 Å². The summed E-state index contributed by atoms with van der Waals surface area (Å²) in [4.78, 5) is 1.93. The molecule has 15 heavy (non-hydrogen) atoms. The Kier molecular flexibility index (Phi) is 8.73. The fourth-order valence-electron chi connectivity index (χ4n) is 1.62. The summed E-state index contributed by atoms with van der Waals surface area (Å²) in [5, 5.41) is 9.46. The fraction of sp³-hybridized carbons (Fsp3) is 0.846. The summed E-state index contributed by atoms with van der Waals surface area (Å²) in [7, 11) is 1.94. The van der Waals surface area contributed by atoms with Crippen molar-refractivity contribution in [3.05, 3.63) is 12.7 Å². The van der Waals surface area contributed by atoms with Crippen LogP contribution in [-0.4, -0.2) is 29.8 Å². The van der Waals surface area contributed by atoms with Gasteiger partial charge in [0.15, 0.2) is 0 Å². The van der Waals surface area contributed by atoms with Crippen LogP contribution in [-0.2, 0) is 0 Å². The van der Waals surface area contributed by atoms with Gasteiger partial charge in [-0.05, 0) is 25.5 Å². The molecule has 0 heterocycles. The quantitative estimate of drug-likeness (QED) is 0.361. The lowest BCUT2D eigenvalue weighted by atomic mass is 10.00. The third kappa shape index (κ3) is 7.57. The zero-order chi connectivity index (χ0) is 11.7. The number of hydrogen-bond donors (Lipinski definition) is 1. The first-order valence-electron chi connectivity index (χ1n) is 6.12. The molecule has 0 saturated heterocycles. The molecule has 0 aliphatic carbocycles. The minimum Gasteiger partial charge on any atom is -0.375 e. The molecular formula is C13H27NO. The van der Waals surface area contributed by atoms with E-state index >= 15 is 0 Å². The summed E-state index contributed by atoms with van der Waals surface area (Å²) in [6.45, 7) is 9.05. The summed E-state index contributed by atoms with van der Waals surface area (Å²) >= 11 is 0. The standard InChI is InChI=1S/C13H27NO/c1-5-7-8-9-12(3)10-11-14(4)13(15)6-2/h6,12-13,15H,2,5,7-11H2,1,3-4H3. The Hall–Kier alpha value is -0.340. The smallest absolute Gasteiger partial charge is 0.126 e. The molecule has 2 unspecified atom stereocenters. The van der Waals surface area contributed by atoms with E-state index in [-0.39, 0.29) is 0 Å². The van der Waals surface area contributed by atoms with E-state index in [0.29, 0.717) is 0 Å². The average Bonchev–Trinajstić information content (AvgIpc) is 2.25. The molecule has 0 rings (SSSR count). The van der Waals surface area contributed by atoms with Gasteiger partial charge in [-0.3, -0.25) is 4.90 Å². The molecule has 0 aromatic rings. The number of likely N-dealkylation sites (N-methyl/N-ethyl adjacent to an activating group) is 1. The van der Waals surface area contributed by atoms with E-state index in [2.05, 4.69) is 20.4 Å². The number of nitrogens with zero attached hydrogens (tertiary/aromatic N) is 1. The molecular weight excluding hydrogens is 186 g/mol. The van der Waals surface area contributed by atoms with E-state index in [1.54, 1.807) is 6.08 Å². The van der Waals surface area contributed by atoms with Crippen LogP contribution in [0.4, 0.5) is 0 Å². The van der Waals surface area contributed by atoms with Crippen LogP contribution >= 0.6 is 0 Å². The molecule has 2 heteroatoms. The topological polar surface area (TPSA) is 23.5 Å². The number of hydrogen-bond acceptors (Lipinski definition) is 2. The zero-order valence-electron chi connectivity index (χ0n) is 10.6. The van der Waals surface area contributed by atoms with Gasteiger partial charge in [-0.25, -0.2) is 0 Å². The first-order chi connectivity index (χ1) is 7.11. The Morgan fingerprint density at radius 2 is 2.00 bits per heavy atom. The van der Waals surface area contributed by atoms with Gasteiger partial charge in [0.1, 0.15) is 6.23 Å². The van der Waals surface area contributed by atoms with Crippen LogP contribution in [0.25, 0.3) is 0 Å². The molecule has 1 N–H and O–H groups in total. The van der Waals surface area contributed by atoms with E-state index in [1.165, 1.54) is 25.7 Å². The van der Waals surface area contributed by atoms with Gasteiger partial charge in [-0.15, -0.1) is 0 Å². The molecule has 0 spiro atoms. The second-order valence-corrected chi connectivity index (χ2v) is 4.52. The predicted octanol–water partition coefficient (Wildman–Crippen LogP) is 3.03. The van der Waals surface area contributed by atoms with Crippen LogP contribution in [0.5, 0.6) is 0 Å². The maximum atomic E-state index is 9.46. The minimum absolute atomic E-state index is 0.493. The van der Waals surface area contributed by atoms with Crippen molar-refractivity contribution in [3.63, 3.8) is 0 Å². The minimum atomic E-state index is -0.493. The predicted molar refractivity (Wildman–Crippen MR) is 66.8 cm³/mol. The molecule has 0 fully saturated rings. The Bertz CT molecular complexity index is 159. The maximum Gasteiger partial charge on any atom is 0.126 e. The average molecular weight is 213 g/mol. The highest BCUT2D eigenvalue weighted by molar-refractivity contribution is 4.77. The van der Waals surface area contributed by atoms with Crippen LogP contribution in [0.15, 0.2) is 12.7 Å². The Morgan fingerprint density at radius 1 is 1.33 bits per heavy atom. The number of aliphatic hydroxyl groups excluding tert-OH is 1. The summed E-state index contributed by atoms with van der Waals surface area (Å²) in [5.74, 6) is 0.760. The SMILES string of the molecule is C=CC(O)N(C)CCC(C)CCCCC. The van der Waals surface area contributed by atoms with Crippen molar-refractivity contribution < 1.29 is 5.11 Å². The van der Waals surface area contributed by atoms with Gasteiger partial charge >= 0.3 is 0 Å². The van der Waals surface area contributed by atoms with E-state index in [4.69, 9.17) is 0 Å². The van der Waals surface area contributed by atoms with E-state index in [1.807, 2.05) is 11.9 Å². The van der Waals surface area contributed by atoms with E-state index in [0.717, 1.165) is 18.9 Å². The number of rotatable bonds is 9. The number of unbranched alkanes of at least 4 members (excludes halogenated alkanes) is 2. The van der Waals surface area contributed by atoms with Crippen molar-refractivity contribution in [1.29, 1.82) is 0 Å². The van der Waals surface area contributed by atoms with Crippen molar-refractivity contribution in [2.75, 3.05) is 13.6 Å². The van der Waals surface area contributed by atoms with Crippen molar-refractivity contribution >= 4 is 0 Å². The van der Waals surface area contributed by atoms with Gasteiger partial charge in [0, 0.05) is 6.54 Å². The van der Waals surface area contributed by atoms with Gasteiger partial charge in [0.2, 0.25) is 0 Å². The zero-order valence-corrected chi connectivity index (χ0v) is 10.6. The molecule has 0 bridgehead atoms. The third-order valence-corrected chi connectivity index (χ3v) is 2.94. The maximum absolute atomic E-state index is 9.46. The third-order valence-electron chi connectivity index (χ3n) is 2.94. The van der Waals surface area contributed by atoms with Crippen LogP contribution in [0.1, 0.15) is 46.0 Å². The highest BCUT2D eigenvalue weighted by Gasteiger charge is 2.08. The van der Waals surface area contributed by atoms with E-state index < -0.39 is 6.23 Å². The number of aliphatic hydroxyl groups is 1. The van der Waals surface area contributed by atoms with Gasteiger partial charge in [-0.1, -0.05) is 46.1 Å². The molecule has 0 aliphatic rings. The Balaban J connectivity index is 3.52. The lowest BCUT2D eigenvalue weighted by Crippen LogP contribution is -2.31. The van der Waals surface area contributed by atoms with Crippen molar-refractivity contribution in [2.45, 2.75) is 52.2 Å². The summed E-state index contributed by atoms with van der Waals surface area (Å²) in [6, 6.07) is 0. The Morgan fingerprint density at radius 3 is 2.53 bits per heavy atom. The van der Waals surface area contributed by atoms with E-state index in [9.17, 15) is 5.11 Å². The molecule has 0 amide bonds. The van der Waals surface area contributed by atoms with Gasteiger partial charge in [0.05, 0.1) is 0 Å². The molecule has 2 nitrogen and oxygen atoms in total. The molecule has 2 atom stereocenters. The molecule has 0 aliphatic heterocycles. The second kappa shape index (κ2) is 8.93. The molecule has 0 radical (unpaired) electrons. The summed E-state index contributed by atoms with van der Waals surface area (Å²) in [5.41, 5.74) is 0. The lowest BCUT2D eigenvalue weighted by Gasteiger charge is -2.22. The summed E-state index contributed by atoms with van der Waals surface area (Å²) < 4.78 is 0. The highest BCUT2D eigenvalue weighted by Crippen LogP contribution is 2.13. The summed E-state index contributed by atoms with van der Waals surface area (Å²) in [6.07, 6.45) is 7.52. The largest absolute Gasteiger partial charge is 0.375 e. The molecule has 0 aromatic carbocycles. The Labute approximate surface area is 95.0 Å². The van der Waals surface area contributed by atoms with Crippen molar-refractivity contribution in [3.8, 4) is 0 Å². The molecule has 90 valence electrons. The first kappa shape index (κ1) is 14.7. The molecule has 0 saturated carbocycles. The van der Waals surface area contributed by atoms with Crippen LogP contribution in [0.3, 0.4) is 0 Å².